The van der Waals surface area contributed by atoms with Gasteiger partial charge in [0.15, 0.2) is 5.82 Å². The molecule has 0 radical (unpaired) electrons. The van der Waals surface area contributed by atoms with E-state index in [1.165, 1.54) is 0 Å². The van der Waals surface area contributed by atoms with Crippen LogP contribution in [0.4, 0.5) is 26.1 Å². The molecule has 2 aromatic heterocycles. The zero-order valence-corrected chi connectivity index (χ0v) is 20.1. The van der Waals surface area contributed by atoms with Crippen molar-refractivity contribution in [2.24, 2.45) is 11.8 Å². The summed E-state index contributed by atoms with van der Waals surface area (Å²) < 4.78 is 25.9. The molecule has 3 aliphatic heterocycles. The number of alkyl halides is 2. The number of hydrogen-bond donors (Lipinski definition) is 2. The first-order chi connectivity index (χ1) is 17.8. The SMILES string of the molecule is Nc1nnc(-c2ccccc2O)cc1N1C[C@H]2CN(c3ccnc(C#CCN4CC(F)(F)C4)n3)C[C@H]2C1. The quantitative estimate of drug-likeness (QED) is 0.517. The molecule has 0 bridgehead atoms. The van der Waals surface area contributed by atoms with Crippen LogP contribution < -0.4 is 15.5 Å². The summed E-state index contributed by atoms with van der Waals surface area (Å²) in [6.07, 6.45) is 1.69. The van der Waals surface area contributed by atoms with Crippen molar-refractivity contribution in [3.8, 4) is 28.8 Å². The minimum absolute atomic E-state index is 0.150. The van der Waals surface area contributed by atoms with E-state index in [-0.39, 0.29) is 25.4 Å². The van der Waals surface area contributed by atoms with E-state index < -0.39 is 5.92 Å². The van der Waals surface area contributed by atoms with Gasteiger partial charge in [0.25, 0.3) is 5.92 Å². The van der Waals surface area contributed by atoms with Crippen LogP contribution in [0.25, 0.3) is 11.3 Å². The monoisotopic (exact) mass is 504 g/mol. The summed E-state index contributed by atoms with van der Waals surface area (Å²) in [6.45, 7) is 3.15. The zero-order chi connectivity index (χ0) is 25.6. The van der Waals surface area contributed by atoms with E-state index >= 15 is 0 Å². The number of nitrogen functional groups attached to an aromatic ring is 1. The largest absolute Gasteiger partial charge is 0.507 e. The summed E-state index contributed by atoms with van der Waals surface area (Å²) in [5, 5.41) is 18.6. The molecular weight excluding hydrogens is 478 g/mol. The molecule has 3 saturated heterocycles. The number of likely N-dealkylation sites (tertiary alicyclic amines) is 1. The second-order valence-corrected chi connectivity index (χ2v) is 9.89. The first-order valence-corrected chi connectivity index (χ1v) is 12.2. The molecule has 6 rings (SSSR count). The molecule has 3 aromatic rings. The Balaban J connectivity index is 1.11. The summed E-state index contributed by atoms with van der Waals surface area (Å²) in [5.41, 5.74) is 8.22. The fourth-order valence-electron chi connectivity index (χ4n) is 5.38. The Kier molecular flexibility index (Phi) is 5.76. The van der Waals surface area contributed by atoms with Gasteiger partial charge in [-0.1, -0.05) is 18.1 Å². The maximum atomic E-state index is 13.0. The summed E-state index contributed by atoms with van der Waals surface area (Å²) in [5.74, 6) is 5.82. The van der Waals surface area contributed by atoms with E-state index in [1.54, 1.807) is 29.3 Å². The fourth-order valence-corrected chi connectivity index (χ4v) is 5.38. The van der Waals surface area contributed by atoms with Gasteiger partial charge in [-0.15, -0.1) is 10.2 Å². The fraction of sp³-hybridized carbons (Fsp3) is 0.385. The minimum Gasteiger partial charge on any atom is -0.507 e. The third-order valence-corrected chi connectivity index (χ3v) is 7.19. The number of fused-ring (bicyclic) bond motifs is 1. The molecule has 1 aromatic carbocycles. The second-order valence-electron chi connectivity index (χ2n) is 9.89. The highest BCUT2D eigenvalue weighted by molar-refractivity contribution is 5.74. The van der Waals surface area contributed by atoms with Gasteiger partial charge in [-0.2, -0.15) is 0 Å². The third-order valence-electron chi connectivity index (χ3n) is 7.19. The molecule has 5 heterocycles. The summed E-state index contributed by atoms with van der Waals surface area (Å²) in [4.78, 5) is 14.9. The van der Waals surface area contributed by atoms with Crippen LogP contribution >= 0.6 is 0 Å². The number of halogens is 2. The molecule has 0 spiro atoms. The van der Waals surface area contributed by atoms with Crippen LogP contribution in [0.3, 0.4) is 0 Å². The first kappa shape index (κ1) is 23.4. The molecule has 37 heavy (non-hydrogen) atoms. The van der Waals surface area contributed by atoms with Gasteiger partial charge in [0.05, 0.1) is 31.0 Å². The van der Waals surface area contributed by atoms with Gasteiger partial charge >= 0.3 is 0 Å². The number of rotatable bonds is 4. The van der Waals surface area contributed by atoms with Gasteiger partial charge in [0.2, 0.25) is 5.82 Å². The lowest BCUT2D eigenvalue weighted by atomic mass is 10.0. The van der Waals surface area contributed by atoms with Crippen molar-refractivity contribution < 1.29 is 13.9 Å². The first-order valence-electron chi connectivity index (χ1n) is 12.2. The van der Waals surface area contributed by atoms with Crippen LogP contribution in [-0.4, -0.2) is 81.9 Å². The molecule has 2 atom stereocenters. The number of phenolic OH excluding ortho intramolecular Hbond substituents is 1. The molecule has 0 amide bonds. The van der Waals surface area contributed by atoms with E-state index in [0.717, 1.165) is 37.7 Å². The van der Waals surface area contributed by atoms with Gasteiger partial charge in [-0.3, -0.25) is 4.90 Å². The van der Waals surface area contributed by atoms with Crippen molar-refractivity contribution >= 4 is 17.3 Å². The number of anilines is 3. The predicted octanol–water partition coefficient (Wildman–Crippen LogP) is 2.10. The van der Waals surface area contributed by atoms with E-state index in [9.17, 15) is 13.9 Å². The Bertz CT molecular complexity index is 1370. The second kappa shape index (κ2) is 9.12. The van der Waals surface area contributed by atoms with Crippen LogP contribution in [0.15, 0.2) is 42.6 Å². The number of nitrogens with zero attached hydrogens (tertiary/aromatic N) is 7. The van der Waals surface area contributed by atoms with E-state index in [2.05, 4.69) is 41.8 Å². The number of nitrogens with two attached hydrogens (primary N) is 1. The van der Waals surface area contributed by atoms with Gasteiger partial charge in [-0.25, -0.2) is 18.7 Å². The number of para-hydroxylation sites is 1. The maximum absolute atomic E-state index is 13.0. The number of hydrogen-bond acceptors (Lipinski definition) is 9. The van der Waals surface area contributed by atoms with Gasteiger partial charge in [0.1, 0.15) is 11.6 Å². The molecule has 3 N–H and O–H groups in total. The zero-order valence-electron chi connectivity index (χ0n) is 20.1. The van der Waals surface area contributed by atoms with Crippen LogP contribution in [0, 0.1) is 23.7 Å². The topological polar surface area (TPSA) is 108 Å². The smallest absolute Gasteiger partial charge is 0.273 e. The highest BCUT2D eigenvalue weighted by Crippen LogP contribution is 2.38. The van der Waals surface area contributed by atoms with Crippen LogP contribution in [0.1, 0.15) is 5.82 Å². The standard InChI is InChI=1S/C26H26F2N8O/c27-26(28)15-34(16-26)9-3-6-23-30-8-7-24(31-23)36-13-17-11-35(12-18(17)14-36)21-10-20(32-33-25(21)29)19-4-1-2-5-22(19)37/h1-2,4-5,7-8,10,17-18,37H,9,11-16H2,(H2,29,33)/t17-,18+. The lowest BCUT2D eigenvalue weighted by molar-refractivity contribution is -0.125. The molecule has 3 aliphatic rings. The Hall–Kier alpha value is -4.04. The van der Waals surface area contributed by atoms with Crippen LogP contribution in [0.2, 0.25) is 0 Å². The Morgan fingerprint density at radius 3 is 2.49 bits per heavy atom. The highest BCUT2D eigenvalue weighted by atomic mass is 19.3. The molecule has 9 nitrogen and oxygen atoms in total. The molecule has 3 fully saturated rings. The van der Waals surface area contributed by atoms with Crippen molar-refractivity contribution in [1.29, 1.82) is 0 Å². The molecule has 0 unspecified atom stereocenters. The Morgan fingerprint density at radius 1 is 1.03 bits per heavy atom. The molecule has 0 saturated carbocycles. The normalized spacial score (nSPS) is 22.3. The predicted molar refractivity (Wildman–Crippen MR) is 135 cm³/mol. The number of aromatic nitrogens is 4. The highest BCUT2D eigenvalue weighted by Gasteiger charge is 2.43. The third kappa shape index (κ3) is 4.72. The van der Waals surface area contributed by atoms with Crippen molar-refractivity contribution in [3.05, 3.63) is 48.4 Å². The van der Waals surface area contributed by atoms with Crippen molar-refractivity contribution in [3.63, 3.8) is 0 Å². The lowest BCUT2D eigenvalue weighted by Gasteiger charge is -2.37. The maximum Gasteiger partial charge on any atom is 0.273 e. The average Bonchev–Trinajstić information content (AvgIpc) is 3.44. The lowest BCUT2D eigenvalue weighted by Crippen LogP contribution is -2.55. The summed E-state index contributed by atoms with van der Waals surface area (Å²) in [6, 6.07) is 10.8. The van der Waals surface area contributed by atoms with Crippen molar-refractivity contribution in [2.75, 3.05) is 61.3 Å². The van der Waals surface area contributed by atoms with E-state index in [0.29, 0.717) is 34.7 Å². The van der Waals surface area contributed by atoms with E-state index in [1.807, 2.05) is 18.2 Å². The molecule has 11 heteroatoms. The van der Waals surface area contributed by atoms with E-state index in [4.69, 9.17) is 5.73 Å². The Morgan fingerprint density at radius 2 is 1.76 bits per heavy atom. The molecular formula is C26H26F2N8O. The molecule has 190 valence electrons. The summed E-state index contributed by atoms with van der Waals surface area (Å²) >= 11 is 0. The van der Waals surface area contributed by atoms with Crippen molar-refractivity contribution in [1.82, 2.24) is 25.1 Å². The molecule has 0 aliphatic carbocycles. The van der Waals surface area contributed by atoms with Gasteiger partial charge in [0, 0.05) is 49.8 Å². The average molecular weight is 505 g/mol. The summed E-state index contributed by atoms with van der Waals surface area (Å²) in [7, 11) is 0. The Labute approximate surface area is 212 Å². The number of phenols is 1. The van der Waals surface area contributed by atoms with Crippen LogP contribution in [-0.2, 0) is 0 Å². The van der Waals surface area contributed by atoms with Gasteiger partial charge in [-0.05, 0) is 30.2 Å². The number of aromatic hydroxyl groups is 1. The van der Waals surface area contributed by atoms with Crippen LogP contribution in [0.5, 0.6) is 5.75 Å². The number of benzene rings is 1. The van der Waals surface area contributed by atoms with Crippen molar-refractivity contribution in [2.45, 2.75) is 5.92 Å². The minimum atomic E-state index is -2.59. The van der Waals surface area contributed by atoms with Gasteiger partial charge < -0.3 is 20.6 Å².